The van der Waals surface area contributed by atoms with E-state index in [1.807, 2.05) is 19.1 Å². The Balaban J connectivity index is 2.38. The lowest BCUT2D eigenvalue weighted by molar-refractivity contribution is -0.140. The van der Waals surface area contributed by atoms with Crippen LogP contribution in [0.3, 0.4) is 0 Å². The van der Waals surface area contributed by atoms with Crippen LogP contribution in [0.25, 0.3) is 0 Å². The minimum Gasteiger partial charge on any atom is -0.497 e. The van der Waals surface area contributed by atoms with Gasteiger partial charge in [0.15, 0.2) is 0 Å². The number of aryl methyl sites for hydroxylation is 1. The number of alkyl carbamates (subject to hydrolysis) is 1. The van der Waals surface area contributed by atoms with Gasteiger partial charge in [-0.3, -0.25) is 14.4 Å². The van der Waals surface area contributed by atoms with Crippen molar-refractivity contribution >= 4 is 29.5 Å². The molecule has 37 heavy (non-hydrogen) atoms. The first-order valence-electron chi connectivity index (χ1n) is 11.9. The van der Waals surface area contributed by atoms with Gasteiger partial charge in [-0.05, 0) is 62.6 Å². The molecule has 0 aliphatic carbocycles. The summed E-state index contributed by atoms with van der Waals surface area (Å²) in [7, 11) is 2.97. The highest BCUT2D eigenvalue weighted by molar-refractivity contribution is 5.99. The maximum atomic E-state index is 13.5. The molecule has 0 saturated heterocycles. The Hall–Kier alpha value is -4.08. The quantitative estimate of drug-likeness (QED) is 0.447. The van der Waals surface area contributed by atoms with Crippen LogP contribution >= 0.6 is 0 Å². The van der Waals surface area contributed by atoms with Crippen molar-refractivity contribution < 1.29 is 28.7 Å². The number of carbonyl (C=O) groups excluding carboxylic acids is 4. The fourth-order valence-electron chi connectivity index (χ4n) is 3.60. The number of anilines is 1. The number of rotatable bonds is 10. The van der Waals surface area contributed by atoms with E-state index in [-0.39, 0.29) is 0 Å². The molecule has 200 valence electrons. The highest BCUT2D eigenvalue weighted by atomic mass is 16.6. The van der Waals surface area contributed by atoms with E-state index in [2.05, 4.69) is 10.6 Å². The van der Waals surface area contributed by atoms with Crippen LogP contribution in [0.15, 0.2) is 48.5 Å². The Bertz CT molecular complexity index is 1090. The highest BCUT2D eigenvalue weighted by Gasteiger charge is 2.35. The second-order valence-electron chi connectivity index (χ2n) is 9.53. The number of methoxy groups -OCH3 is 1. The van der Waals surface area contributed by atoms with E-state index in [4.69, 9.17) is 15.2 Å². The number of nitrogens with one attached hydrogen (secondary N) is 2. The number of hydrogen-bond acceptors (Lipinski definition) is 6. The number of hydrogen-bond donors (Lipinski definition) is 3. The lowest BCUT2D eigenvalue weighted by Gasteiger charge is -2.31. The molecule has 2 rings (SSSR count). The molecule has 4 amide bonds. The zero-order valence-electron chi connectivity index (χ0n) is 22.2. The van der Waals surface area contributed by atoms with Crippen LogP contribution in [0.4, 0.5) is 10.5 Å². The number of benzene rings is 2. The van der Waals surface area contributed by atoms with Crippen LogP contribution in [-0.2, 0) is 25.5 Å². The van der Waals surface area contributed by atoms with E-state index in [0.29, 0.717) is 17.0 Å². The summed E-state index contributed by atoms with van der Waals surface area (Å²) in [5.74, 6) is -1.34. The molecule has 2 aromatic carbocycles. The Morgan fingerprint density at radius 3 is 2.08 bits per heavy atom. The zero-order chi connectivity index (χ0) is 27.8. The van der Waals surface area contributed by atoms with Crippen molar-refractivity contribution in [3.63, 3.8) is 0 Å². The molecule has 10 heteroatoms. The van der Waals surface area contributed by atoms with Gasteiger partial charge in [-0.25, -0.2) is 4.79 Å². The van der Waals surface area contributed by atoms with Gasteiger partial charge in [-0.2, -0.15) is 0 Å². The van der Waals surface area contributed by atoms with Crippen LogP contribution < -0.4 is 21.1 Å². The van der Waals surface area contributed by atoms with Gasteiger partial charge in [0.1, 0.15) is 23.4 Å². The van der Waals surface area contributed by atoms with E-state index in [1.165, 1.54) is 19.1 Å². The van der Waals surface area contributed by atoms with Crippen molar-refractivity contribution in [2.75, 3.05) is 19.5 Å². The standard InChI is InChI=1S/C27H36N4O6/c1-7-17-8-10-18(11-9-17)23(24(33)29-19-12-14-20(36-6)15-13-19)31(5)25(34)21(16-22(28)32)30-26(35)37-27(2,3)4/h8-15,21,23H,7,16H2,1-6H3,(H2,28,32)(H,29,33)(H,30,35). The van der Waals surface area contributed by atoms with Gasteiger partial charge >= 0.3 is 6.09 Å². The normalized spacial score (nSPS) is 12.6. The molecule has 0 heterocycles. The predicted octanol–water partition coefficient (Wildman–Crippen LogP) is 3.16. The van der Waals surface area contributed by atoms with Gasteiger partial charge in [0.2, 0.25) is 11.8 Å². The van der Waals surface area contributed by atoms with E-state index >= 15 is 0 Å². The number of primary amides is 1. The second-order valence-corrected chi connectivity index (χ2v) is 9.53. The molecule has 0 aromatic heterocycles. The molecule has 0 spiro atoms. The molecule has 0 radical (unpaired) electrons. The first kappa shape index (κ1) is 29.2. The van der Waals surface area contributed by atoms with E-state index in [9.17, 15) is 19.2 Å². The number of likely N-dealkylation sites (N-methyl/N-ethyl adjacent to an activating group) is 1. The van der Waals surface area contributed by atoms with Crippen molar-refractivity contribution in [2.24, 2.45) is 5.73 Å². The molecule has 0 saturated carbocycles. The van der Waals surface area contributed by atoms with Crippen molar-refractivity contribution in [1.29, 1.82) is 0 Å². The topological polar surface area (TPSA) is 140 Å². The van der Waals surface area contributed by atoms with Gasteiger partial charge in [-0.1, -0.05) is 31.2 Å². The van der Waals surface area contributed by atoms with Crippen LogP contribution in [-0.4, -0.2) is 54.5 Å². The third-order valence-electron chi connectivity index (χ3n) is 5.44. The summed E-state index contributed by atoms with van der Waals surface area (Å²) >= 11 is 0. The average molecular weight is 513 g/mol. The molecular formula is C27H36N4O6. The van der Waals surface area contributed by atoms with Gasteiger partial charge < -0.3 is 30.7 Å². The smallest absolute Gasteiger partial charge is 0.408 e. The minimum atomic E-state index is -1.33. The first-order chi connectivity index (χ1) is 17.3. The molecule has 0 bridgehead atoms. The Morgan fingerprint density at radius 2 is 1.59 bits per heavy atom. The largest absolute Gasteiger partial charge is 0.497 e. The van der Waals surface area contributed by atoms with E-state index in [0.717, 1.165) is 12.0 Å². The Morgan fingerprint density at radius 1 is 1.00 bits per heavy atom. The van der Waals surface area contributed by atoms with Crippen molar-refractivity contribution in [2.45, 2.75) is 58.2 Å². The molecule has 10 nitrogen and oxygen atoms in total. The van der Waals surface area contributed by atoms with Gasteiger partial charge in [-0.15, -0.1) is 0 Å². The summed E-state index contributed by atoms with van der Waals surface area (Å²) in [5.41, 5.74) is 6.64. The molecule has 2 unspecified atom stereocenters. The first-order valence-corrected chi connectivity index (χ1v) is 11.9. The molecule has 2 aromatic rings. The SMILES string of the molecule is CCc1ccc(C(C(=O)Nc2ccc(OC)cc2)N(C)C(=O)C(CC(N)=O)NC(=O)OC(C)(C)C)cc1. The number of amides is 4. The number of nitrogens with two attached hydrogens (primary N) is 1. The summed E-state index contributed by atoms with van der Waals surface area (Å²) in [5, 5.41) is 5.23. The Kier molecular flexibility index (Phi) is 10.0. The third kappa shape index (κ3) is 8.82. The fraction of sp³-hybridized carbons (Fsp3) is 0.407. The van der Waals surface area contributed by atoms with E-state index < -0.39 is 47.9 Å². The minimum absolute atomic E-state index is 0.468. The van der Waals surface area contributed by atoms with Gasteiger partial charge in [0.05, 0.1) is 13.5 Å². The number of ether oxygens (including phenoxy) is 2. The van der Waals surface area contributed by atoms with Crippen molar-refractivity contribution in [3.8, 4) is 5.75 Å². The molecule has 0 aliphatic heterocycles. The van der Waals surface area contributed by atoms with Crippen LogP contribution in [0.1, 0.15) is 51.3 Å². The zero-order valence-corrected chi connectivity index (χ0v) is 22.2. The highest BCUT2D eigenvalue weighted by Crippen LogP contribution is 2.25. The second kappa shape index (κ2) is 12.8. The van der Waals surface area contributed by atoms with Crippen molar-refractivity contribution in [3.05, 3.63) is 59.7 Å². The molecule has 0 fully saturated rings. The monoisotopic (exact) mass is 512 g/mol. The summed E-state index contributed by atoms with van der Waals surface area (Å²) in [4.78, 5) is 52.3. The fourth-order valence-corrected chi connectivity index (χ4v) is 3.60. The van der Waals surface area contributed by atoms with Gasteiger partial charge in [0, 0.05) is 12.7 Å². The molecule has 4 N–H and O–H groups in total. The summed E-state index contributed by atoms with van der Waals surface area (Å²) in [6, 6.07) is 11.6. The predicted molar refractivity (Wildman–Crippen MR) is 140 cm³/mol. The Labute approximate surface area is 217 Å². The number of nitrogens with zero attached hydrogens (tertiary/aromatic N) is 1. The lowest BCUT2D eigenvalue weighted by atomic mass is 10.0. The molecule has 2 atom stereocenters. The summed E-state index contributed by atoms with van der Waals surface area (Å²) in [6.45, 7) is 7.02. The van der Waals surface area contributed by atoms with Gasteiger partial charge in [0.25, 0.3) is 5.91 Å². The third-order valence-corrected chi connectivity index (χ3v) is 5.44. The average Bonchev–Trinajstić information content (AvgIpc) is 2.82. The van der Waals surface area contributed by atoms with Crippen LogP contribution in [0.2, 0.25) is 0 Å². The van der Waals surface area contributed by atoms with E-state index in [1.54, 1.807) is 57.2 Å². The summed E-state index contributed by atoms with van der Waals surface area (Å²) in [6.07, 6.45) is -0.547. The van der Waals surface area contributed by atoms with Crippen LogP contribution in [0, 0.1) is 0 Å². The van der Waals surface area contributed by atoms with Crippen molar-refractivity contribution in [1.82, 2.24) is 10.2 Å². The molecular weight excluding hydrogens is 476 g/mol. The lowest BCUT2D eigenvalue weighted by Crippen LogP contribution is -2.52. The maximum Gasteiger partial charge on any atom is 0.408 e. The number of carbonyl (C=O) groups is 4. The maximum absolute atomic E-state index is 13.5. The van der Waals surface area contributed by atoms with Crippen LogP contribution in [0.5, 0.6) is 5.75 Å². The summed E-state index contributed by atoms with van der Waals surface area (Å²) < 4.78 is 10.4. The molecule has 0 aliphatic rings.